The summed E-state index contributed by atoms with van der Waals surface area (Å²) in [6, 6.07) is 5.77. The number of nitrogens with zero attached hydrogens (tertiary/aromatic N) is 3. The predicted molar refractivity (Wildman–Crippen MR) is 76.1 cm³/mol. The first-order valence-electron chi connectivity index (χ1n) is 7.25. The van der Waals surface area contributed by atoms with Gasteiger partial charge in [-0.05, 0) is 31.2 Å². The van der Waals surface area contributed by atoms with Gasteiger partial charge < -0.3 is 0 Å². The quantitative estimate of drug-likeness (QED) is 0.638. The molecule has 1 aromatic heterocycles. The van der Waals surface area contributed by atoms with Crippen LogP contribution in [0.15, 0.2) is 24.3 Å². The van der Waals surface area contributed by atoms with Gasteiger partial charge in [0.1, 0.15) is 0 Å². The molecule has 0 radical (unpaired) electrons. The first-order chi connectivity index (χ1) is 10.9. The lowest BCUT2D eigenvalue weighted by atomic mass is 9.95. The van der Waals surface area contributed by atoms with Crippen LogP contribution in [0.25, 0.3) is 0 Å². The van der Waals surface area contributed by atoms with E-state index < -0.39 is 16.8 Å². The molecule has 0 aliphatic heterocycles. The molecule has 0 amide bonds. The van der Waals surface area contributed by atoms with Crippen LogP contribution in [-0.2, 0) is 25.6 Å². The summed E-state index contributed by atoms with van der Waals surface area (Å²) in [7, 11) is 0. The van der Waals surface area contributed by atoms with Crippen molar-refractivity contribution in [2.75, 3.05) is 0 Å². The number of aromatic nitrogens is 2. The van der Waals surface area contributed by atoms with Crippen molar-refractivity contribution in [1.29, 1.82) is 0 Å². The summed E-state index contributed by atoms with van der Waals surface area (Å²) in [6.45, 7) is 0.177. The van der Waals surface area contributed by atoms with Crippen molar-refractivity contribution in [3.63, 3.8) is 0 Å². The molecule has 5 nitrogen and oxygen atoms in total. The highest BCUT2D eigenvalue weighted by atomic mass is 19.4. The van der Waals surface area contributed by atoms with Crippen molar-refractivity contribution in [2.24, 2.45) is 0 Å². The Balaban J connectivity index is 1.93. The van der Waals surface area contributed by atoms with E-state index in [0.717, 1.165) is 12.8 Å². The molecule has 0 bridgehead atoms. The Labute approximate surface area is 129 Å². The predicted octanol–water partition coefficient (Wildman–Crippen LogP) is 3.74. The maximum Gasteiger partial charge on any atom is 0.435 e. The molecule has 1 aromatic carbocycles. The van der Waals surface area contributed by atoms with Crippen LogP contribution in [0, 0.1) is 10.1 Å². The summed E-state index contributed by atoms with van der Waals surface area (Å²) in [4.78, 5) is 10.1. The van der Waals surface area contributed by atoms with E-state index in [9.17, 15) is 23.3 Å². The fourth-order valence-corrected chi connectivity index (χ4v) is 2.93. The van der Waals surface area contributed by atoms with Crippen LogP contribution in [0.3, 0.4) is 0 Å². The minimum Gasteiger partial charge on any atom is -0.264 e. The third-order valence-electron chi connectivity index (χ3n) is 4.00. The third kappa shape index (κ3) is 3.06. The number of nitro benzene ring substituents is 1. The van der Waals surface area contributed by atoms with E-state index in [1.807, 2.05) is 0 Å². The number of halogens is 3. The maximum absolute atomic E-state index is 13.1. The number of alkyl halides is 3. The summed E-state index contributed by atoms with van der Waals surface area (Å²) >= 11 is 0. The summed E-state index contributed by atoms with van der Waals surface area (Å²) in [5, 5.41) is 14.4. The Kier molecular flexibility index (Phi) is 3.83. The summed E-state index contributed by atoms with van der Waals surface area (Å²) in [5.41, 5.74) is 0.758. The molecule has 2 aromatic rings. The number of nitro groups is 1. The van der Waals surface area contributed by atoms with E-state index in [-0.39, 0.29) is 12.2 Å². The van der Waals surface area contributed by atoms with E-state index in [1.54, 1.807) is 12.1 Å². The van der Waals surface area contributed by atoms with Crippen molar-refractivity contribution in [2.45, 2.75) is 38.4 Å². The second kappa shape index (κ2) is 5.68. The van der Waals surface area contributed by atoms with Crippen LogP contribution in [-0.4, -0.2) is 14.7 Å². The number of hydrogen-bond acceptors (Lipinski definition) is 3. The van der Waals surface area contributed by atoms with Crippen molar-refractivity contribution in [1.82, 2.24) is 9.78 Å². The molecule has 0 fully saturated rings. The Morgan fingerprint density at radius 2 is 1.83 bits per heavy atom. The Hall–Kier alpha value is -2.38. The standard InChI is InChI=1S/C15H14F3N3O2/c16-15(17,18)14-12-3-1-2-4-13(12)20(19-14)9-10-5-7-11(8-6-10)21(22)23/h5-8H,1-4,9H2. The van der Waals surface area contributed by atoms with Gasteiger partial charge in [-0.15, -0.1) is 0 Å². The molecule has 122 valence electrons. The van der Waals surface area contributed by atoms with Gasteiger partial charge >= 0.3 is 6.18 Å². The Morgan fingerprint density at radius 1 is 1.17 bits per heavy atom. The molecule has 1 heterocycles. The van der Waals surface area contributed by atoms with E-state index in [1.165, 1.54) is 16.8 Å². The monoisotopic (exact) mass is 325 g/mol. The zero-order chi connectivity index (χ0) is 16.6. The fraction of sp³-hybridized carbons (Fsp3) is 0.400. The average Bonchev–Trinajstić information content (AvgIpc) is 2.87. The highest BCUT2D eigenvalue weighted by Crippen LogP contribution is 2.36. The minimum absolute atomic E-state index is 0.0489. The molecular weight excluding hydrogens is 311 g/mol. The zero-order valence-electron chi connectivity index (χ0n) is 12.1. The lowest BCUT2D eigenvalue weighted by Gasteiger charge is -2.14. The van der Waals surface area contributed by atoms with Gasteiger partial charge in [-0.3, -0.25) is 14.8 Å². The number of hydrogen-bond donors (Lipinski definition) is 0. The Morgan fingerprint density at radius 3 is 2.43 bits per heavy atom. The van der Waals surface area contributed by atoms with Crippen molar-refractivity contribution in [3.8, 4) is 0 Å². The van der Waals surface area contributed by atoms with Crippen molar-refractivity contribution >= 4 is 5.69 Å². The second-order valence-corrected chi connectivity index (χ2v) is 5.56. The van der Waals surface area contributed by atoms with Crippen molar-refractivity contribution < 1.29 is 18.1 Å². The van der Waals surface area contributed by atoms with E-state index in [4.69, 9.17) is 0 Å². The van der Waals surface area contributed by atoms with E-state index >= 15 is 0 Å². The third-order valence-corrected chi connectivity index (χ3v) is 4.00. The maximum atomic E-state index is 13.1. The first kappa shape index (κ1) is 15.5. The number of non-ortho nitro benzene ring substituents is 1. The topological polar surface area (TPSA) is 61.0 Å². The van der Waals surface area contributed by atoms with Crippen LogP contribution in [0.4, 0.5) is 18.9 Å². The van der Waals surface area contributed by atoms with Crippen molar-refractivity contribution in [3.05, 3.63) is 56.9 Å². The lowest BCUT2D eigenvalue weighted by molar-refractivity contribution is -0.384. The summed E-state index contributed by atoms with van der Waals surface area (Å²) in [5.74, 6) is 0. The highest BCUT2D eigenvalue weighted by molar-refractivity contribution is 5.34. The van der Waals surface area contributed by atoms with Gasteiger partial charge in [0.2, 0.25) is 0 Å². The SMILES string of the molecule is O=[N+]([O-])c1ccc(Cn2nc(C(F)(F)F)c3c2CCCC3)cc1. The molecular formula is C15H14F3N3O2. The molecule has 0 N–H and O–H groups in total. The lowest BCUT2D eigenvalue weighted by Crippen LogP contribution is -2.11. The number of benzene rings is 1. The van der Waals surface area contributed by atoms with Crippen LogP contribution >= 0.6 is 0 Å². The minimum atomic E-state index is -4.46. The Bertz CT molecular complexity index is 736. The number of rotatable bonds is 3. The van der Waals surface area contributed by atoms with Crippen LogP contribution < -0.4 is 0 Å². The van der Waals surface area contributed by atoms with Crippen LogP contribution in [0.5, 0.6) is 0 Å². The fourth-order valence-electron chi connectivity index (χ4n) is 2.93. The largest absolute Gasteiger partial charge is 0.435 e. The molecule has 0 unspecified atom stereocenters. The molecule has 1 aliphatic rings. The van der Waals surface area contributed by atoms with E-state index in [0.29, 0.717) is 29.7 Å². The van der Waals surface area contributed by atoms with Gasteiger partial charge in [0.25, 0.3) is 5.69 Å². The molecule has 3 rings (SSSR count). The first-order valence-corrected chi connectivity index (χ1v) is 7.25. The van der Waals surface area contributed by atoms with Gasteiger partial charge in [-0.1, -0.05) is 12.1 Å². The molecule has 0 saturated heterocycles. The van der Waals surface area contributed by atoms with Gasteiger partial charge in [0, 0.05) is 23.4 Å². The normalized spacial score (nSPS) is 14.6. The van der Waals surface area contributed by atoms with Crippen LogP contribution in [0.1, 0.15) is 35.4 Å². The van der Waals surface area contributed by atoms with E-state index in [2.05, 4.69) is 5.10 Å². The number of fused-ring (bicyclic) bond motifs is 1. The van der Waals surface area contributed by atoms with Crippen LogP contribution in [0.2, 0.25) is 0 Å². The average molecular weight is 325 g/mol. The van der Waals surface area contributed by atoms with Gasteiger partial charge in [0.05, 0.1) is 11.5 Å². The molecule has 23 heavy (non-hydrogen) atoms. The molecule has 8 heteroatoms. The summed E-state index contributed by atoms with van der Waals surface area (Å²) < 4.78 is 40.7. The summed E-state index contributed by atoms with van der Waals surface area (Å²) in [6.07, 6.45) is -1.91. The zero-order valence-corrected chi connectivity index (χ0v) is 12.1. The molecule has 1 aliphatic carbocycles. The molecule has 0 saturated carbocycles. The highest BCUT2D eigenvalue weighted by Gasteiger charge is 2.39. The van der Waals surface area contributed by atoms with Gasteiger partial charge in [0.15, 0.2) is 5.69 Å². The smallest absolute Gasteiger partial charge is 0.264 e. The molecule has 0 atom stereocenters. The van der Waals surface area contributed by atoms with Gasteiger partial charge in [-0.25, -0.2) is 0 Å². The molecule has 0 spiro atoms. The second-order valence-electron chi connectivity index (χ2n) is 5.56. The van der Waals surface area contributed by atoms with Gasteiger partial charge in [-0.2, -0.15) is 18.3 Å².